The Hall–Kier alpha value is -1.41. The Morgan fingerprint density at radius 1 is 1.00 bits per heavy atom. The van der Waals surface area contributed by atoms with Gasteiger partial charge in [-0.25, -0.2) is 8.78 Å². The average Bonchev–Trinajstić information content (AvgIpc) is 2.44. The normalized spacial score (nSPS) is 12.4. The van der Waals surface area contributed by atoms with Crippen LogP contribution >= 0.6 is 11.6 Å². The van der Waals surface area contributed by atoms with Crippen molar-refractivity contribution >= 4 is 11.6 Å². The molecule has 0 N–H and O–H groups in total. The summed E-state index contributed by atoms with van der Waals surface area (Å²) in [6.07, 6.45) is 1.49. The fourth-order valence-corrected chi connectivity index (χ4v) is 2.55. The molecule has 0 heterocycles. The predicted octanol–water partition coefficient (Wildman–Crippen LogP) is 4.91. The quantitative estimate of drug-likeness (QED) is 0.687. The molecule has 0 spiro atoms. The molecule has 0 amide bonds. The van der Waals surface area contributed by atoms with Gasteiger partial charge in [-0.2, -0.15) is 0 Å². The molecule has 2 rings (SSSR count). The average molecular weight is 295 g/mol. The molecule has 0 saturated carbocycles. The first-order valence-electron chi connectivity index (χ1n) is 6.64. The Bertz CT molecular complexity index is 581. The van der Waals surface area contributed by atoms with E-state index in [0.29, 0.717) is 12.3 Å². The van der Waals surface area contributed by atoms with E-state index in [1.807, 2.05) is 12.1 Å². The summed E-state index contributed by atoms with van der Waals surface area (Å²) in [7, 11) is 0. The predicted molar refractivity (Wildman–Crippen MR) is 79.2 cm³/mol. The van der Waals surface area contributed by atoms with Gasteiger partial charge in [0.05, 0.1) is 0 Å². The van der Waals surface area contributed by atoms with Gasteiger partial charge in [-0.3, -0.25) is 0 Å². The molecular weight excluding hydrogens is 278 g/mol. The van der Waals surface area contributed by atoms with E-state index >= 15 is 0 Å². The summed E-state index contributed by atoms with van der Waals surface area (Å²) in [6.45, 7) is 2.07. The SMILES string of the molecule is Cc1ccccc1CC(CCl)Cc1ccc(F)c(F)c1. The highest BCUT2D eigenvalue weighted by Gasteiger charge is 2.12. The molecular formula is C17H17ClF2. The highest BCUT2D eigenvalue weighted by Crippen LogP contribution is 2.19. The topological polar surface area (TPSA) is 0 Å². The largest absolute Gasteiger partial charge is 0.204 e. The molecule has 1 atom stereocenters. The van der Waals surface area contributed by atoms with Crippen molar-refractivity contribution in [3.63, 3.8) is 0 Å². The molecule has 1 unspecified atom stereocenters. The van der Waals surface area contributed by atoms with Crippen molar-refractivity contribution in [3.05, 3.63) is 70.8 Å². The number of hydrogen-bond donors (Lipinski definition) is 0. The van der Waals surface area contributed by atoms with E-state index in [1.165, 1.54) is 23.3 Å². The Morgan fingerprint density at radius 3 is 2.40 bits per heavy atom. The van der Waals surface area contributed by atoms with Gasteiger partial charge in [0.15, 0.2) is 11.6 Å². The van der Waals surface area contributed by atoms with Crippen LogP contribution in [0.1, 0.15) is 16.7 Å². The Morgan fingerprint density at radius 2 is 1.75 bits per heavy atom. The van der Waals surface area contributed by atoms with Crippen molar-refractivity contribution in [3.8, 4) is 0 Å². The van der Waals surface area contributed by atoms with Crippen molar-refractivity contribution in [2.24, 2.45) is 5.92 Å². The monoisotopic (exact) mass is 294 g/mol. The van der Waals surface area contributed by atoms with Crippen LogP contribution in [0.2, 0.25) is 0 Å². The van der Waals surface area contributed by atoms with Gasteiger partial charge in [-0.05, 0) is 54.5 Å². The van der Waals surface area contributed by atoms with Crippen LogP contribution in [0.5, 0.6) is 0 Å². The van der Waals surface area contributed by atoms with Gasteiger partial charge < -0.3 is 0 Å². The van der Waals surface area contributed by atoms with Gasteiger partial charge in [0, 0.05) is 5.88 Å². The second-order valence-electron chi connectivity index (χ2n) is 5.10. The van der Waals surface area contributed by atoms with Crippen molar-refractivity contribution in [1.29, 1.82) is 0 Å². The number of alkyl halides is 1. The first kappa shape index (κ1) is 15.0. The van der Waals surface area contributed by atoms with E-state index in [-0.39, 0.29) is 5.92 Å². The molecule has 2 aromatic rings. The molecule has 0 radical (unpaired) electrons. The number of benzene rings is 2. The summed E-state index contributed by atoms with van der Waals surface area (Å²) in [5.74, 6) is -0.905. The molecule has 20 heavy (non-hydrogen) atoms. The fourth-order valence-electron chi connectivity index (χ4n) is 2.33. The maximum atomic E-state index is 13.2. The van der Waals surface area contributed by atoms with E-state index in [4.69, 9.17) is 11.6 Å². The van der Waals surface area contributed by atoms with Crippen LogP contribution in [-0.4, -0.2) is 5.88 Å². The summed E-state index contributed by atoms with van der Waals surface area (Å²) in [5.41, 5.74) is 3.26. The molecule has 2 aromatic carbocycles. The van der Waals surface area contributed by atoms with E-state index < -0.39 is 11.6 Å². The smallest absolute Gasteiger partial charge is 0.159 e. The van der Waals surface area contributed by atoms with Crippen molar-refractivity contribution < 1.29 is 8.78 Å². The molecule has 0 aliphatic carbocycles. The molecule has 106 valence electrons. The first-order valence-corrected chi connectivity index (χ1v) is 7.18. The minimum Gasteiger partial charge on any atom is -0.204 e. The highest BCUT2D eigenvalue weighted by atomic mass is 35.5. The standard InChI is InChI=1S/C17H17ClF2/c1-12-4-2-3-5-15(12)9-14(11-18)8-13-6-7-16(19)17(20)10-13/h2-7,10,14H,8-9,11H2,1H3. The van der Waals surface area contributed by atoms with Crippen LogP contribution < -0.4 is 0 Å². The second kappa shape index (κ2) is 6.85. The number of rotatable bonds is 5. The van der Waals surface area contributed by atoms with Crippen LogP contribution in [0.25, 0.3) is 0 Å². The lowest BCUT2D eigenvalue weighted by atomic mass is 9.92. The molecule has 0 saturated heterocycles. The summed E-state index contributed by atoms with van der Waals surface area (Å²) >= 11 is 6.02. The second-order valence-corrected chi connectivity index (χ2v) is 5.41. The van der Waals surface area contributed by atoms with Gasteiger partial charge in [0.1, 0.15) is 0 Å². The Labute approximate surface area is 123 Å². The van der Waals surface area contributed by atoms with E-state index in [1.54, 1.807) is 6.07 Å². The number of hydrogen-bond acceptors (Lipinski definition) is 0. The minimum atomic E-state index is -0.810. The van der Waals surface area contributed by atoms with E-state index in [0.717, 1.165) is 12.0 Å². The highest BCUT2D eigenvalue weighted by molar-refractivity contribution is 6.18. The van der Waals surface area contributed by atoms with E-state index in [2.05, 4.69) is 19.1 Å². The molecule has 3 heteroatoms. The summed E-state index contributed by atoms with van der Waals surface area (Å²) < 4.78 is 26.1. The zero-order chi connectivity index (χ0) is 14.5. The van der Waals surface area contributed by atoms with E-state index in [9.17, 15) is 8.78 Å². The van der Waals surface area contributed by atoms with Crippen LogP contribution in [-0.2, 0) is 12.8 Å². The Kier molecular flexibility index (Phi) is 5.13. The van der Waals surface area contributed by atoms with Gasteiger partial charge in [-0.15, -0.1) is 11.6 Å². The van der Waals surface area contributed by atoms with Crippen LogP contribution in [0.4, 0.5) is 8.78 Å². The van der Waals surface area contributed by atoms with Crippen LogP contribution in [0.3, 0.4) is 0 Å². The van der Waals surface area contributed by atoms with Crippen LogP contribution in [0.15, 0.2) is 42.5 Å². The molecule has 0 aromatic heterocycles. The van der Waals surface area contributed by atoms with Crippen LogP contribution in [0, 0.1) is 24.5 Å². The lowest BCUT2D eigenvalue weighted by molar-refractivity contribution is 0.503. The van der Waals surface area contributed by atoms with Gasteiger partial charge in [0.2, 0.25) is 0 Å². The third-order valence-corrected chi connectivity index (χ3v) is 3.93. The minimum absolute atomic E-state index is 0.211. The maximum absolute atomic E-state index is 13.2. The van der Waals surface area contributed by atoms with Gasteiger partial charge in [-0.1, -0.05) is 30.3 Å². The Balaban J connectivity index is 2.09. The van der Waals surface area contributed by atoms with Gasteiger partial charge >= 0.3 is 0 Å². The number of aryl methyl sites for hydroxylation is 1. The van der Waals surface area contributed by atoms with Crippen molar-refractivity contribution in [2.45, 2.75) is 19.8 Å². The van der Waals surface area contributed by atoms with Gasteiger partial charge in [0.25, 0.3) is 0 Å². The lowest BCUT2D eigenvalue weighted by Gasteiger charge is -2.15. The third-order valence-electron chi connectivity index (χ3n) is 3.50. The maximum Gasteiger partial charge on any atom is 0.159 e. The molecule has 0 bridgehead atoms. The number of halogens is 3. The fraction of sp³-hybridized carbons (Fsp3) is 0.294. The third kappa shape index (κ3) is 3.80. The molecule has 0 fully saturated rings. The molecule has 0 aliphatic heterocycles. The summed E-state index contributed by atoms with van der Waals surface area (Å²) in [6, 6.07) is 12.2. The zero-order valence-electron chi connectivity index (χ0n) is 11.4. The summed E-state index contributed by atoms with van der Waals surface area (Å²) in [5, 5.41) is 0. The lowest BCUT2D eigenvalue weighted by Crippen LogP contribution is -2.11. The zero-order valence-corrected chi connectivity index (χ0v) is 12.1. The molecule has 0 aliphatic rings. The van der Waals surface area contributed by atoms with Crippen molar-refractivity contribution in [1.82, 2.24) is 0 Å². The summed E-state index contributed by atoms with van der Waals surface area (Å²) in [4.78, 5) is 0. The first-order chi connectivity index (χ1) is 9.60. The molecule has 0 nitrogen and oxygen atoms in total. The van der Waals surface area contributed by atoms with Crippen molar-refractivity contribution in [2.75, 3.05) is 5.88 Å².